The van der Waals surface area contributed by atoms with Gasteiger partial charge in [0.1, 0.15) is 5.70 Å². The molecular weight excluding hydrogens is 320 g/mol. The number of nitrogens with one attached hydrogen (secondary N) is 1. The van der Waals surface area contributed by atoms with Crippen LogP contribution in [0.1, 0.15) is 44.6 Å². The SMILES string of the molecule is CCOc1ccc(/C=C2\NC(=O)N(C3CCCCC3)C2=O)cc1OC. The minimum atomic E-state index is -0.318. The number of hydrogen-bond donors (Lipinski definition) is 1. The number of nitrogens with zero attached hydrogens (tertiary/aromatic N) is 1. The van der Waals surface area contributed by atoms with Gasteiger partial charge in [0, 0.05) is 6.04 Å². The van der Waals surface area contributed by atoms with Crippen molar-refractivity contribution >= 4 is 18.0 Å². The summed E-state index contributed by atoms with van der Waals surface area (Å²) in [4.78, 5) is 26.3. The summed E-state index contributed by atoms with van der Waals surface area (Å²) in [6.45, 7) is 2.45. The molecule has 1 aromatic rings. The zero-order valence-electron chi connectivity index (χ0n) is 14.7. The zero-order chi connectivity index (χ0) is 17.8. The van der Waals surface area contributed by atoms with Gasteiger partial charge in [0.15, 0.2) is 11.5 Å². The third kappa shape index (κ3) is 3.62. The average Bonchev–Trinajstić information content (AvgIpc) is 2.90. The molecule has 0 spiro atoms. The second kappa shape index (κ2) is 7.59. The van der Waals surface area contributed by atoms with Crippen molar-refractivity contribution in [2.75, 3.05) is 13.7 Å². The highest BCUT2D eigenvalue weighted by atomic mass is 16.5. The first kappa shape index (κ1) is 17.3. The first-order valence-corrected chi connectivity index (χ1v) is 8.81. The van der Waals surface area contributed by atoms with Crippen molar-refractivity contribution in [3.05, 3.63) is 29.5 Å². The van der Waals surface area contributed by atoms with Gasteiger partial charge in [-0.1, -0.05) is 25.3 Å². The predicted octanol–water partition coefficient (Wildman–Crippen LogP) is 3.32. The minimum absolute atomic E-state index is 0.0158. The molecule has 1 aliphatic carbocycles. The molecule has 6 nitrogen and oxygen atoms in total. The molecule has 1 aliphatic heterocycles. The van der Waals surface area contributed by atoms with Gasteiger partial charge in [0.25, 0.3) is 5.91 Å². The molecule has 134 valence electrons. The van der Waals surface area contributed by atoms with Crippen LogP contribution in [0.5, 0.6) is 11.5 Å². The average molecular weight is 344 g/mol. The summed E-state index contributed by atoms with van der Waals surface area (Å²) in [6.07, 6.45) is 6.77. The highest BCUT2D eigenvalue weighted by molar-refractivity contribution is 6.14. The Labute approximate surface area is 147 Å². The number of carbonyl (C=O) groups excluding carboxylic acids is 2. The lowest BCUT2D eigenvalue weighted by atomic mass is 9.94. The van der Waals surface area contributed by atoms with E-state index in [0.29, 0.717) is 23.8 Å². The summed E-state index contributed by atoms with van der Waals surface area (Å²) < 4.78 is 10.8. The monoisotopic (exact) mass is 344 g/mol. The number of rotatable bonds is 5. The van der Waals surface area contributed by atoms with Gasteiger partial charge in [-0.3, -0.25) is 9.69 Å². The molecule has 1 heterocycles. The van der Waals surface area contributed by atoms with E-state index in [1.165, 1.54) is 11.3 Å². The first-order valence-electron chi connectivity index (χ1n) is 8.81. The van der Waals surface area contributed by atoms with Gasteiger partial charge in [0.2, 0.25) is 0 Å². The molecule has 1 saturated heterocycles. The molecule has 0 aromatic heterocycles. The number of imide groups is 1. The Bertz CT molecular complexity index is 693. The molecule has 1 saturated carbocycles. The van der Waals surface area contributed by atoms with Crippen molar-refractivity contribution in [1.29, 1.82) is 0 Å². The lowest BCUT2D eigenvalue weighted by Crippen LogP contribution is -2.41. The van der Waals surface area contributed by atoms with Crippen LogP contribution in [0.3, 0.4) is 0 Å². The molecule has 1 aromatic carbocycles. The van der Waals surface area contributed by atoms with Crippen LogP contribution in [0.4, 0.5) is 4.79 Å². The molecule has 0 bridgehead atoms. The maximum atomic E-state index is 12.7. The summed E-state index contributed by atoms with van der Waals surface area (Å²) in [6, 6.07) is 5.13. The summed E-state index contributed by atoms with van der Waals surface area (Å²) >= 11 is 0. The Morgan fingerprint density at radius 1 is 1.20 bits per heavy atom. The van der Waals surface area contributed by atoms with Crippen molar-refractivity contribution < 1.29 is 19.1 Å². The van der Waals surface area contributed by atoms with Gasteiger partial charge in [-0.2, -0.15) is 0 Å². The normalized spacial score (nSPS) is 20.1. The van der Waals surface area contributed by atoms with E-state index in [1.807, 2.05) is 13.0 Å². The van der Waals surface area contributed by atoms with E-state index in [-0.39, 0.29) is 18.0 Å². The topological polar surface area (TPSA) is 67.9 Å². The quantitative estimate of drug-likeness (QED) is 0.657. The number of carbonyl (C=O) groups is 2. The van der Waals surface area contributed by atoms with E-state index >= 15 is 0 Å². The zero-order valence-corrected chi connectivity index (χ0v) is 14.7. The van der Waals surface area contributed by atoms with Crippen LogP contribution in [0.2, 0.25) is 0 Å². The Morgan fingerprint density at radius 3 is 2.64 bits per heavy atom. The maximum absolute atomic E-state index is 12.7. The molecule has 3 rings (SSSR count). The van der Waals surface area contributed by atoms with Gasteiger partial charge < -0.3 is 14.8 Å². The molecule has 0 atom stereocenters. The van der Waals surface area contributed by atoms with Crippen molar-refractivity contribution in [3.63, 3.8) is 0 Å². The molecule has 2 aliphatic rings. The van der Waals surface area contributed by atoms with Gasteiger partial charge in [0.05, 0.1) is 13.7 Å². The lowest BCUT2D eigenvalue weighted by Gasteiger charge is -2.28. The van der Waals surface area contributed by atoms with Crippen molar-refractivity contribution in [2.45, 2.75) is 45.1 Å². The molecule has 6 heteroatoms. The number of hydrogen-bond acceptors (Lipinski definition) is 4. The maximum Gasteiger partial charge on any atom is 0.329 e. The van der Waals surface area contributed by atoms with E-state index in [9.17, 15) is 9.59 Å². The fourth-order valence-electron chi connectivity index (χ4n) is 3.43. The van der Waals surface area contributed by atoms with Gasteiger partial charge >= 0.3 is 6.03 Å². The second-order valence-corrected chi connectivity index (χ2v) is 6.30. The van der Waals surface area contributed by atoms with Crippen LogP contribution < -0.4 is 14.8 Å². The van der Waals surface area contributed by atoms with Crippen LogP contribution in [-0.2, 0) is 4.79 Å². The van der Waals surface area contributed by atoms with E-state index in [2.05, 4.69) is 5.32 Å². The molecule has 0 unspecified atom stereocenters. The van der Waals surface area contributed by atoms with Crippen molar-refractivity contribution in [2.24, 2.45) is 0 Å². The number of methoxy groups -OCH3 is 1. The molecular formula is C19H24N2O4. The summed E-state index contributed by atoms with van der Waals surface area (Å²) in [5.41, 5.74) is 1.08. The standard InChI is InChI=1S/C19H24N2O4/c1-3-25-16-10-9-13(12-17(16)24-2)11-15-18(22)21(19(23)20-15)14-7-5-4-6-8-14/h9-12,14H,3-8H2,1-2H3,(H,20,23)/b15-11-. The number of amides is 3. The van der Waals surface area contributed by atoms with Gasteiger partial charge in [-0.25, -0.2) is 4.79 Å². The largest absolute Gasteiger partial charge is 0.493 e. The third-order valence-corrected chi connectivity index (χ3v) is 4.65. The smallest absolute Gasteiger partial charge is 0.329 e. The van der Waals surface area contributed by atoms with Crippen LogP contribution in [-0.4, -0.2) is 36.6 Å². The second-order valence-electron chi connectivity index (χ2n) is 6.30. The fourth-order valence-corrected chi connectivity index (χ4v) is 3.43. The Balaban J connectivity index is 1.81. The summed E-state index contributed by atoms with van der Waals surface area (Å²) in [5.74, 6) is 1.000. The number of ether oxygens (including phenoxy) is 2. The lowest BCUT2D eigenvalue weighted by molar-refractivity contribution is -0.124. The van der Waals surface area contributed by atoms with E-state index in [4.69, 9.17) is 9.47 Å². The van der Waals surface area contributed by atoms with Crippen LogP contribution in [0.15, 0.2) is 23.9 Å². The Morgan fingerprint density at radius 2 is 1.96 bits per heavy atom. The molecule has 0 radical (unpaired) electrons. The Hall–Kier alpha value is -2.50. The summed E-state index contributed by atoms with van der Waals surface area (Å²) in [5, 5.41) is 2.70. The molecule has 25 heavy (non-hydrogen) atoms. The first-order chi connectivity index (χ1) is 12.1. The van der Waals surface area contributed by atoms with E-state index < -0.39 is 0 Å². The van der Waals surface area contributed by atoms with Crippen LogP contribution in [0, 0.1) is 0 Å². The highest BCUT2D eigenvalue weighted by Gasteiger charge is 2.38. The van der Waals surface area contributed by atoms with Gasteiger partial charge in [-0.15, -0.1) is 0 Å². The number of urea groups is 1. The van der Waals surface area contributed by atoms with E-state index in [1.54, 1.807) is 25.3 Å². The van der Waals surface area contributed by atoms with Crippen molar-refractivity contribution in [3.8, 4) is 11.5 Å². The van der Waals surface area contributed by atoms with Crippen LogP contribution in [0.25, 0.3) is 6.08 Å². The number of benzene rings is 1. The molecule has 1 N–H and O–H groups in total. The third-order valence-electron chi connectivity index (χ3n) is 4.65. The van der Waals surface area contributed by atoms with Crippen LogP contribution >= 0.6 is 0 Å². The Kier molecular flexibility index (Phi) is 5.26. The molecule has 3 amide bonds. The minimum Gasteiger partial charge on any atom is -0.493 e. The fraction of sp³-hybridized carbons (Fsp3) is 0.474. The summed E-state index contributed by atoms with van der Waals surface area (Å²) in [7, 11) is 1.57. The highest BCUT2D eigenvalue weighted by Crippen LogP contribution is 2.30. The predicted molar refractivity (Wildman–Crippen MR) is 94.4 cm³/mol. The van der Waals surface area contributed by atoms with Crippen molar-refractivity contribution in [1.82, 2.24) is 10.2 Å². The van der Waals surface area contributed by atoms with E-state index in [0.717, 1.165) is 31.2 Å². The molecule has 2 fully saturated rings. The van der Waals surface area contributed by atoms with Gasteiger partial charge in [-0.05, 0) is 43.5 Å².